The highest BCUT2D eigenvalue weighted by Crippen LogP contribution is 2.10. The fraction of sp³-hybridized carbons (Fsp3) is 0.333. The molecule has 0 spiro atoms. The fourth-order valence-corrected chi connectivity index (χ4v) is 3.21. The molecule has 1 heterocycles. The van der Waals surface area contributed by atoms with Crippen LogP contribution in [0, 0.1) is 5.82 Å². The number of hydrogen-bond acceptors (Lipinski definition) is 4. The number of nitrogen functional groups attached to an aromatic ring is 1. The molecule has 0 unspecified atom stereocenters. The van der Waals surface area contributed by atoms with Gasteiger partial charge in [-0.25, -0.2) is 4.39 Å². The molecule has 2 aromatic carbocycles. The maximum atomic E-state index is 13.6. The molecule has 1 saturated heterocycles. The van der Waals surface area contributed by atoms with Crippen molar-refractivity contribution in [3.63, 3.8) is 0 Å². The molecule has 0 aromatic heterocycles. The number of nitrogens with two attached hydrogens (primary N) is 1. The Morgan fingerprint density at radius 3 is 2.36 bits per heavy atom. The molecule has 3 rings (SSSR count). The zero-order chi connectivity index (χ0) is 19.9. The van der Waals surface area contributed by atoms with Crippen LogP contribution in [0.5, 0.6) is 0 Å². The molecule has 2 aromatic rings. The number of piperazine rings is 1. The van der Waals surface area contributed by atoms with Gasteiger partial charge in [0.2, 0.25) is 5.91 Å². The average Bonchev–Trinajstić information content (AvgIpc) is 2.70. The Morgan fingerprint density at radius 1 is 1.00 bits per heavy atom. The van der Waals surface area contributed by atoms with Crippen molar-refractivity contribution in [2.45, 2.75) is 6.42 Å². The predicted octanol–water partition coefficient (Wildman–Crippen LogP) is 1.52. The third kappa shape index (κ3) is 5.29. The van der Waals surface area contributed by atoms with Gasteiger partial charge >= 0.3 is 0 Å². The molecule has 28 heavy (non-hydrogen) atoms. The second-order valence-corrected chi connectivity index (χ2v) is 6.88. The molecule has 1 aliphatic rings. The summed E-state index contributed by atoms with van der Waals surface area (Å²) in [5.74, 6) is -0.819. The Balaban J connectivity index is 1.38. The summed E-state index contributed by atoms with van der Waals surface area (Å²) in [6.07, 6.45) is 0.374. The third-order valence-corrected chi connectivity index (χ3v) is 4.89. The number of amides is 2. The maximum absolute atomic E-state index is 13.6. The van der Waals surface area contributed by atoms with Crippen molar-refractivity contribution in [3.8, 4) is 0 Å². The smallest absolute Gasteiger partial charge is 0.254 e. The Morgan fingerprint density at radius 2 is 1.68 bits per heavy atom. The number of carbonyl (C=O) groups is 2. The topological polar surface area (TPSA) is 78.7 Å². The first-order valence-electron chi connectivity index (χ1n) is 9.40. The van der Waals surface area contributed by atoms with E-state index in [0.717, 1.165) is 18.7 Å². The van der Waals surface area contributed by atoms with Crippen LogP contribution in [0.15, 0.2) is 48.5 Å². The van der Waals surface area contributed by atoms with Crippen molar-refractivity contribution < 1.29 is 14.0 Å². The number of halogens is 1. The van der Waals surface area contributed by atoms with Crippen LogP contribution in [-0.4, -0.2) is 60.9 Å². The standard InChI is InChI=1S/C21H25FN4O2/c22-19-4-2-1-3-18(19)21(28)24-9-10-25-11-13-26(14-12-25)20(27)15-16-5-7-17(23)8-6-16/h1-8H,9-15,23H2,(H,24,28). The number of nitrogens with zero attached hydrogens (tertiary/aromatic N) is 2. The van der Waals surface area contributed by atoms with Gasteiger partial charge < -0.3 is 16.0 Å². The van der Waals surface area contributed by atoms with Crippen LogP contribution in [0.25, 0.3) is 0 Å². The molecule has 1 fully saturated rings. The van der Waals surface area contributed by atoms with Crippen LogP contribution in [0.3, 0.4) is 0 Å². The Bertz CT molecular complexity index is 817. The lowest BCUT2D eigenvalue weighted by molar-refractivity contribution is -0.132. The van der Waals surface area contributed by atoms with E-state index in [1.165, 1.54) is 12.1 Å². The molecule has 0 radical (unpaired) electrons. The first-order valence-corrected chi connectivity index (χ1v) is 9.40. The average molecular weight is 384 g/mol. The van der Waals surface area contributed by atoms with E-state index in [-0.39, 0.29) is 11.5 Å². The summed E-state index contributed by atoms with van der Waals surface area (Å²) in [4.78, 5) is 28.5. The highest BCUT2D eigenvalue weighted by Gasteiger charge is 2.21. The van der Waals surface area contributed by atoms with Gasteiger partial charge in [0.15, 0.2) is 0 Å². The van der Waals surface area contributed by atoms with Crippen molar-refractivity contribution in [2.75, 3.05) is 45.0 Å². The van der Waals surface area contributed by atoms with Gasteiger partial charge in [-0.2, -0.15) is 0 Å². The van der Waals surface area contributed by atoms with E-state index < -0.39 is 11.7 Å². The molecule has 6 nitrogen and oxygen atoms in total. The minimum absolute atomic E-state index is 0.0561. The summed E-state index contributed by atoms with van der Waals surface area (Å²) in [7, 11) is 0. The zero-order valence-electron chi connectivity index (χ0n) is 15.7. The minimum Gasteiger partial charge on any atom is -0.399 e. The fourth-order valence-electron chi connectivity index (χ4n) is 3.21. The third-order valence-electron chi connectivity index (χ3n) is 4.89. The van der Waals surface area contributed by atoms with Gasteiger partial charge in [0.25, 0.3) is 5.91 Å². The van der Waals surface area contributed by atoms with Crippen LogP contribution in [0.2, 0.25) is 0 Å². The van der Waals surface area contributed by atoms with Crippen molar-refractivity contribution in [1.82, 2.24) is 15.1 Å². The number of hydrogen-bond donors (Lipinski definition) is 2. The van der Waals surface area contributed by atoms with Crippen LogP contribution >= 0.6 is 0 Å². The monoisotopic (exact) mass is 384 g/mol. The van der Waals surface area contributed by atoms with Gasteiger partial charge in [-0.15, -0.1) is 0 Å². The largest absolute Gasteiger partial charge is 0.399 e. The minimum atomic E-state index is -0.520. The molecule has 3 N–H and O–H groups in total. The van der Waals surface area contributed by atoms with E-state index in [9.17, 15) is 14.0 Å². The van der Waals surface area contributed by atoms with Crippen molar-refractivity contribution >= 4 is 17.5 Å². The van der Waals surface area contributed by atoms with E-state index in [1.807, 2.05) is 17.0 Å². The van der Waals surface area contributed by atoms with Gasteiger partial charge in [0.1, 0.15) is 5.82 Å². The number of carbonyl (C=O) groups excluding carboxylic acids is 2. The van der Waals surface area contributed by atoms with E-state index in [2.05, 4.69) is 10.2 Å². The first-order chi connectivity index (χ1) is 13.5. The first kappa shape index (κ1) is 19.8. The van der Waals surface area contributed by atoms with Gasteiger partial charge in [-0.1, -0.05) is 24.3 Å². The van der Waals surface area contributed by atoms with Gasteiger partial charge in [0, 0.05) is 45.0 Å². The lowest BCUT2D eigenvalue weighted by atomic mass is 10.1. The van der Waals surface area contributed by atoms with E-state index >= 15 is 0 Å². The number of rotatable bonds is 6. The predicted molar refractivity (Wildman–Crippen MR) is 106 cm³/mol. The summed E-state index contributed by atoms with van der Waals surface area (Å²) in [6, 6.07) is 13.3. The summed E-state index contributed by atoms with van der Waals surface area (Å²) in [5.41, 5.74) is 7.37. The van der Waals surface area contributed by atoms with Crippen LogP contribution in [0.4, 0.5) is 10.1 Å². The normalized spacial score (nSPS) is 14.7. The molecule has 2 amide bonds. The van der Waals surface area contributed by atoms with Crippen LogP contribution in [0.1, 0.15) is 15.9 Å². The Hall–Kier alpha value is -2.93. The van der Waals surface area contributed by atoms with Crippen LogP contribution in [-0.2, 0) is 11.2 Å². The number of anilines is 1. The number of nitrogens with one attached hydrogen (secondary N) is 1. The summed E-state index contributed by atoms with van der Waals surface area (Å²) < 4.78 is 13.6. The molecule has 148 valence electrons. The molecule has 0 saturated carbocycles. The molecule has 1 aliphatic heterocycles. The molecule has 0 bridgehead atoms. The van der Waals surface area contributed by atoms with Gasteiger partial charge in [0.05, 0.1) is 12.0 Å². The molecule has 7 heteroatoms. The molecular formula is C21H25FN4O2. The van der Waals surface area contributed by atoms with Crippen molar-refractivity contribution in [3.05, 3.63) is 65.5 Å². The summed E-state index contributed by atoms with van der Waals surface area (Å²) >= 11 is 0. The Kier molecular flexibility index (Phi) is 6.60. The second-order valence-electron chi connectivity index (χ2n) is 6.88. The maximum Gasteiger partial charge on any atom is 0.254 e. The quantitative estimate of drug-likeness (QED) is 0.741. The van der Waals surface area contributed by atoms with Gasteiger partial charge in [-0.3, -0.25) is 14.5 Å². The van der Waals surface area contributed by atoms with E-state index in [4.69, 9.17) is 5.73 Å². The lowest BCUT2D eigenvalue weighted by Gasteiger charge is -2.34. The van der Waals surface area contributed by atoms with Crippen LogP contribution < -0.4 is 11.1 Å². The highest BCUT2D eigenvalue weighted by molar-refractivity contribution is 5.94. The highest BCUT2D eigenvalue weighted by atomic mass is 19.1. The Labute approximate surface area is 164 Å². The lowest BCUT2D eigenvalue weighted by Crippen LogP contribution is -2.50. The molecular weight excluding hydrogens is 359 g/mol. The van der Waals surface area contributed by atoms with Crippen molar-refractivity contribution in [2.24, 2.45) is 0 Å². The summed E-state index contributed by atoms with van der Waals surface area (Å²) in [5, 5.41) is 2.75. The second kappa shape index (κ2) is 9.32. The molecule has 0 atom stereocenters. The van der Waals surface area contributed by atoms with E-state index in [0.29, 0.717) is 38.3 Å². The van der Waals surface area contributed by atoms with Gasteiger partial charge in [-0.05, 0) is 29.8 Å². The van der Waals surface area contributed by atoms with E-state index in [1.54, 1.807) is 24.3 Å². The zero-order valence-corrected chi connectivity index (χ0v) is 15.7. The number of benzene rings is 2. The van der Waals surface area contributed by atoms with Crippen molar-refractivity contribution in [1.29, 1.82) is 0 Å². The summed E-state index contributed by atoms with van der Waals surface area (Å²) in [6.45, 7) is 3.93. The molecule has 0 aliphatic carbocycles. The SMILES string of the molecule is Nc1ccc(CC(=O)N2CCN(CCNC(=O)c3ccccc3F)CC2)cc1.